The van der Waals surface area contributed by atoms with Crippen LogP contribution >= 0.6 is 11.3 Å². The second kappa shape index (κ2) is 6.41. The summed E-state index contributed by atoms with van der Waals surface area (Å²) in [7, 11) is -3.49. The maximum absolute atomic E-state index is 11.5. The first-order valence-electron chi connectivity index (χ1n) is 6.47. The number of nitrogens with one attached hydrogen (secondary N) is 1. The normalized spacial score (nSPS) is 11.4. The number of anilines is 1. The fourth-order valence-corrected chi connectivity index (χ4v) is 3.25. The predicted octanol–water partition coefficient (Wildman–Crippen LogP) is 2.63. The molecule has 1 N–H and O–H groups in total. The number of nitro groups is 1. The fraction of sp³-hybridized carbons (Fsp3) is 0.308. The lowest BCUT2D eigenvalue weighted by molar-refractivity contribution is -0.384. The van der Waals surface area contributed by atoms with Crippen molar-refractivity contribution in [3.8, 4) is 0 Å². The van der Waals surface area contributed by atoms with Crippen molar-refractivity contribution in [2.24, 2.45) is 0 Å². The van der Waals surface area contributed by atoms with Gasteiger partial charge in [-0.1, -0.05) is 6.92 Å². The summed E-state index contributed by atoms with van der Waals surface area (Å²) in [5.74, 6) is 0. The molecule has 0 saturated heterocycles. The highest BCUT2D eigenvalue weighted by Crippen LogP contribution is 2.28. The number of thiazole rings is 1. The third-order valence-electron chi connectivity index (χ3n) is 2.97. The van der Waals surface area contributed by atoms with Gasteiger partial charge in [0.1, 0.15) is 10.7 Å². The van der Waals surface area contributed by atoms with Gasteiger partial charge in [0, 0.05) is 23.4 Å². The van der Waals surface area contributed by atoms with Crippen LogP contribution in [0.5, 0.6) is 0 Å². The molecule has 1 aromatic carbocycles. The first-order valence-corrected chi connectivity index (χ1v) is 9.18. The van der Waals surface area contributed by atoms with Crippen LogP contribution in [0.1, 0.15) is 16.8 Å². The van der Waals surface area contributed by atoms with Crippen molar-refractivity contribution in [2.45, 2.75) is 24.8 Å². The molecule has 9 heteroatoms. The van der Waals surface area contributed by atoms with Crippen LogP contribution in [0.15, 0.2) is 29.3 Å². The largest absolute Gasteiger partial charge is 0.373 e. The van der Waals surface area contributed by atoms with Crippen molar-refractivity contribution in [1.29, 1.82) is 0 Å². The monoisotopic (exact) mass is 341 g/mol. The molecule has 1 heterocycles. The molecule has 0 radical (unpaired) electrons. The molecule has 0 atom stereocenters. The van der Waals surface area contributed by atoms with Gasteiger partial charge in [-0.05, 0) is 18.6 Å². The van der Waals surface area contributed by atoms with E-state index in [4.69, 9.17) is 0 Å². The van der Waals surface area contributed by atoms with Crippen molar-refractivity contribution in [3.63, 3.8) is 0 Å². The Bertz CT molecular complexity index is 799. The highest BCUT2D eigenvalue weighted by Gasteiger charge is 2.18. The van der Waals surface area contributed by atoms with E-state index in [2.05, 4.69) is 10.3 Å². The summed E-state index contributed by atoms with van der Waals surface area (Å²) in [6, 6.07) is 3.82. The molecule has 0 fully saturated rings. The van der Waals surface area contributed by atoms with Gasteiger partial charge in [-0.3, -0.25) is 10.1 Å². The lowest BCUT2D eigenvalue weighted by Crippen LogP contribution is -2.04. The second-order valence-corrected chi connectivity index (χ2v) is 7.85. The Kier molecular flexibility index (Phi) is 4.77. The van der Waals surface area contributed by atoms with E-state index in [0.29, 0.717) is 6.54 Å². The molecule has 2 aromatic rings. The lowest BCUT2D eigenvalue weighted by atomic mass is 10.2. The number of rotatable bonds is 6. The first kappa shape index (κ1) is 16.4. The van der Waals surface area contributed by atoms with E-state index in [1.54, 1.807) is 6.20 Å². The number of benzene rings is 1. The van der Waals surface area contributed by atoms with E-state index in [9.17, 15) is 18.5 Å². The van der Waals surface area contributed by atoms with Crippen LogP contribution < -0.4 is 5.32 Å². The summed E-state index contributed by atoms with van der Waals surface area (Å²) >= 11 is 1.53. The van der Waals surface area contributed by atoms with Crippen LogP contribution in [0.2, 0.25) is 0 Å². The van der Waals surface area contributed by atoms with Crippen LogP contribution in [0.4, 0.5) is 11.4 Å². The minimum absolute atomic E-state index is 0.0766. The molecule has 0 aliphatic rings. The van der Waals surface area contributed by atoms with Crippen molar-refractivity contribution in [1.82, 2.24) is 4.98 Å². The summed E-state index contributed by atoms with van der Waals surface area (Å²) in [6.07, 6.45) is 3.69. The van der Waals surface area contributed by atoms with Crippen molar-refractivity contribution in [3.05, 3.63) is 44.4 Å². The molecule has 22 heavy (non-hydrogen) atoms. The summed E-state index contributed by atoms with van der Waals surface area (Å²) in [4.78, 5) is 15.8. The number of aromatic nitrogens is 1. The standard InChI is InChI=1S/C13H15N3O4S2/c1-3-9-7-15-13(21-9)8-14-11-5-4-10(22(2,19)20)6-12(11)16(17)18/h4-7,14H,3,8H2,1-2H3. The average molecular weight is 341 g/mol. The van der Waals surface area contributed by atoms with E-state index in [0.717, 1.165) is 28.6 Å². The van der Waals surface area contributed by atoms with Gasteiger partial charge < -0.3 is 5.32 Å². The zero-order valence-corrected chi connectivity index (χ0v) is 13.7. The molecule has 2 rings (SSSR count). The zero-order chi connectivity index (χ0) is 16.3. The first-order chi connectivity index (χ1) is 10.3. The zero-order valence-electron chi connectivity index (χ0n) is 12.1. The predicted molar refractivity (Wildman–Crippen MR) is 85.0 cm³/mol. The molecule has 118 valence electrons. The Balaban J connectivity index is 2.25. The van der Waals surface area contributed by atoms with Crippen molar-refractivity contribution < 1.29 is 13.3 Å². The van der Waals surface area contributed by atoms with Gasteiger partial charge in [-0.25, -0.2) is 13.4 Å². The Morgan fingerprint density at radius 3 is 2.68 bits per heavy atom. The maximum Gasteiger partial charge on any atom is 0.293 e. The highest BCUT2D eigenvalue weighted by atomic mass is 32.2. The molecule has 0 amide bonds. The Morgan fingerprint density at radius 1 is 1.41 bits per heavy atom. The van der Waals surface area contributed by atoms with Crippen molar-refractivity contribution in [2.75, 3.05) is 11.6 Å². The highest BCUT2D eigenvalue weighted by molar-refractivity contribution is 7.90. The lowest BCUT2D eigenvalue weighted by Gasteiger charge is -2.07. The quantitative estimate of drug-likeness (QED) is 0.640. The SMILES string of the molecule is CCc1cnc(CNc2ccc(S(C)(=O)=O)cc2[N+](=O)[O-])s1. The number of sulfone groups is 1. The molecule has 0 aliphatic heterocycles. The summed E-state index contributed by atoms with van der Waals surface area (Å²) in [5, 5.41) is 14.9. The van der Waals surface area contributed by atoms with E-state index >= 15 is 0 Å². The molecular weight excluding hydrogens is 326 g/mol. The van der Waals surface area contributed by atoms with Crippen LogP contribution in [0.3, 0.4) is 0 Å². The van der Waals surface area contributed by atoms with Gasteiger partial charge in [-0.2, -0.15) is 0 Å². The number of nitrogens with zero attached hydrogens (tertiary/aromatic N) is 2. The molecule has 1 aromatic heterocycles. The van der Waals surface area contributed by atoms with Crippen LogP contribution in [0.25, 0.3) is 0 Å². The summed E-state index contributed by atoms with van der Waals surface area (Å²) in [6.45, 7) is 2.38. The summed E-state index contributed by atoms with van der Waals surface area (Å²) in [5.41, 5.74) is 0.000782. The fourth-order valence-electron chi connectivity index (χ4n) is 1.81. The van der Waals surface area contributed by atoms with Crippen LogP contribution in [-0.4, -0.2) is 24.6 Å². The van der Waals surface area contributed by atoms with Gasteiger partial charge in [0.2, 0.25) is 0 Å². The minimum Gasteiger partial charge on any atom is -0.373 e. The van der Waals surface area contributed by atoms with Crippen molar-refractivity contribution >= 4 is 32.5 Å². The van der Waals surface area contributed by atoms with Gasteiger partial charge in [-0.15, -0.1) is 11.3 Å². The van der Waals surface area contributed by atoms with Gasteiger partial charge in [0.15, 0.2) is 9.84 Å². The van der Waals surface area contributed by atoms with Gasteiger partial charge >= 0.3 is 0 Å². The van der Waals surface area contributed by atoms with E-state index < -0.39 is 14.8 Å². The summed E-state index contributed by atoms with van der Waals surface area (Å²) < 4.78 is 23.0. The third-order valence-corrected chi connectivity index (χ3v) is 5.23. The number of hydrogen-bond acceptors (Lipinski definition) is 7. The molecule has 0 bridgehead atoms. The van der Waals surface area contributed by atoms with E-state index in [1.165, 1.54) is 23.5 Å². The second-order valence-electron chi connectivity index (χ2n) is 4.64. The number of hydrogen-bond donors (Lipinski definition) is 1. The van der Waals surface area contributed by atoms with E-state index in [-0.39, 0.29) is 16.3 Å². The smallest absolute Gasteiger partial charge is 0.293 e. The molecule has 7 nitrogen and oxygen atoms in total. The molecular formula is C13H15N3O4S2. The minimum atomic E-state index is -3.49. The molecule has 0 unspecified atom stereocenters. The topological polar surface area (TPSA) is 102 Å². The Hall–Kier alpha value is -2.00. The van der Waals surface area contributed by atoms with Gasteiger partial charge in [0.05, 0.1) is 16.4 Å². The average Bonchev–Trinajstić information content (AvgIpc) is 2.91. The molecule has 0 saturated carbocycles. The third kappa shape index (κ3) is 3.80. The number of aryl methyl sites for hydroxylation is 1. The molecule has 0 spiro atoms. The number of nitro benzene ring substituents is 1. The van der Waals surface area contributed by atoms with Crippen LogP contribution in [-0.2, 0) is 22.8 Å². The van der Waals surface area contributed by atoms with Crippen LogP contribution in [0, 0.1) is 10.1 Å². The Labute approximate surface area is 132 Å². The maximum atomic E-state index is 11.5. The van der Waals surface area contributed by atoms with Gasteiger partial charge in [0.25, 0.3) is 5.69 Å². The Morgan fingerprint density at radius 2 is 2.14 bits per heavy atom. The molecule has 0 aliphatic carbocycles. The van der Waals surface area contributed by atoms with E-state index in [1.807, 2.05) is 6.92 Å².